The molecule has 138 valence electrons. The molecular formula is C21H19ClN2O3. The van der Waals surface area contributed by atoms with Gasteiger partial charge in [-0.15, -0.1) is 0 Å². The number of para-hydroxylation sites is 2. The number of methoxy groups -OCH3 is 1. The standard InChI is InChI=1S/C21H19ClN2O3/c1-26-19-9-2-3-10-20(19)27-15-21(25)24(14-16-6-5-11-23-13-16)18-8-4-7-17(22)12-18/h2-13H,14-15H2,1H3. The first-order valence-corrected chi connectivity index (χ1v) is 8.76. The molecule has 2 aromatic carbocycles. The highest BCUT2D eigenvalue weighted by Crippen LogP contribution is 2.26. The Balaban J connectivity index is 1.80. The molecule has 3 aromatic rings. The maximum atomic E-state index is 12.9. The van der Waals surface area contributed by atoms with E-state index in [0.717, 1.165) is 5.56 Å². The largest absolute Gasteiger partial charge is 0.493 e. The summed E-state index contributed by atoms with van der Waals surface area (Å²) in [7, 11) is 1.56. The molecule has 1 aromatic heterocycles. The van der Waals surface area contributed by atoms with Gasteiger partial charge < -0.3 is 14.4 Å². The normalized spacial score (nSPS) is 10.3. The zero-order chi connectivity index (χ0) is 19.1. The van der Waals surface area contributed by atoms with E-state index in [0.29, 0.717) is 28.8 Å². The van der Waals surface area contributed by atoms with Crippen molar-refractivity contribution in [2.75, 3.05) is 18.6 Å². The zero-order valence-corrected chi connectivity index (χ0v) is 15.6. The van der Waals surface area contributed by atoms with Gasteiger partial charge in [0.15, 0.2) is 18.1 Å². The molecule has 0 radical (unpaired) electrons. The quantitative estimate of drug-likeness (QED) is 0.609. The highest BCUT2D eigenvalue weighted by molar-refractivity contribution is 6.30. The lowest BCUT2D eigenvalue weighted by molar-refractivity contribution is -0.120. The van der Waals surface area contributed by atoms with Crippen LogP contribution in [0.3, 0.4) is 0 Å². The minimum Gasteiger partial charge on any atom is -0.493 e. The third-order valence-corrected chi connectivity index (χ3v) is 4.14. The Labute approximate surface area is 163 Å². The Morgan fingerprint density at radius 2 is 1.89 bits per heavy atom. The van der Waals surface area contributed by atoms with Gasteiger partial charge in [0, 0.05) is 23.1 Å². The van der Waals surface area contributed by atoms with Crippen molar-refractivity contribution in [3.05, 3.63) is 83.6 Å². The van der Waals surface area contributed by atoms with E-state index >= 15 is 0 Å². The van der Waals surface area contributed by atoms with Gasteiger partial charge in [-0.05, 0) is 42.0 Å². The van der Waals surface area contributed by atoms with E-state index in [1.807, 2.05) is 36.4 Å². The number of ether oxygens (including phenoxy) is 2. The van der Waals surface area contributed by atoms with Crippen molar-refractivity contribution in [3.8, 4) is 11.5 Å². The lowest BCUT2D eigenvalue weighted by Gasteiger charge is -2.23. The van der Waals surface area contributed by atoms with Crippen molar-refractivity contribution < 1.29 is 14.3 Å². The third kappa shape index (κ3) is 4.99. The molecule has 0 fully saturated rings. The molecule has 0 aliphatic carbocycles. The Morgan fingerprint density at radius 3 is 2.59 bits per heavy atom. The number of anilines is 1. The fraction of sp³-hybridized carbons (Fsp3) is 0.143. The van der Waals surface area contributed by atoms with Gasteiger partial charge in [-0.25, -0.2) is 0 Å². The van der Waals surface area contributed by atoms with Crippen LogP contribution in [0.25, 0.3) is 0 Å². The molecule has 5 nitrogen and oxygen atoms in total. The molecule has 0 unspecified atom stereocenters. The molecule has 6 heteroatoms. The number of carbonyl (C=O) groups is 1. The molecule has 27 heavy (non-hydrogen) atoms. The van der Waals surface area contributed by atoms with Crippen LogP contribution in [0.5, 0.6) is 11.5 Å². The second-order valence-corrected chi connectivity index (χ2v) is 6.20. The predicted molar refractivity (Wildman–Crippen MR) is 105 cm³/mol. The Kier molecular flexibility index (Phi) is 6.28. The van der Waals surface area contributed by atoms with Crippen LogP contribution >= 0.6 is 11.6 Å². The van der Waals surface area contributed by atoms with Crippen molar-refractivity contribution in [1.29, 1.82) is 0 Å². The van der Waals surface area contributed by atoms with Crippen LogP contribution in [-0.2, 0) is 11.3 Å². The summed E-state index contributed by atoms with van der Waals surface area (Å²) in [6.45, 7) is 0.232. The second-order valence-electron chi connectivity index (χ2n) is 5.76. The van der Waals surface area contributed by atoms with E-state index < -0.39 is 0 Å². The van der Waals surface area contributed by atoms with Gasteiger partial charge in [0.05, 0.1) is 13.7 Å². The Hall–Kier alpha value is -3.05. The third-order valence-electron chi connectivity index (χ3n) is 3.90. The van der Waals surface area contributed by atoms with E-state index in [9.17, 15) is 4.79 Å². The number of nitrogens with zero attached hydrogens (tertiary/aromatic N) is 2. The molecule has 0 aliphatic heterocycles. The minimum atomic E-state index is -0.202. The van der Waals surface area contributed by atoms with Gasteiger partial charge in [-0.2, -0.15) is 0 Å². The SMILES string of the molecule is COc1ccccc1OCC(=O)N(Cc1cccnc1)c1cccc(Cl)c1. The van der Waals surface area contributed by atoms with Crippen LogP contribution in [0.2, 0.25) is 5.02 Å². The van der Waals surface area contributed by atoms with Crippen molar-refractivity contribution in [1.82, 2.24) is 4.98 Å². The van der Waals surface area contributed by atoms with Gasteiger partial charge in [0.25, 0.3) is 5.91 Å². The number of benzene rings is 2. The summed E-state index contributed by atoms with van der Waals surface area (Å²) in [6, 6.07) is 18.1. The van der Waals surface area contributed by atoms with E-state index in [4.69, 9.17) is 21.1 Å². The summed E-state index contributed by atoms with van der Waals surface area (Å²) in [5, 5.41) is 0.558. The monoisotopic (exact) mass is 382 g/mol. The summed E-state index contributed by atoms with van der Waals surface area (Å²) < 4.78 is 11.0. The minimum absolute atomic E-state index is 0.132. The van der Waals surface area contributed by atoms with Gasteiger partial charge in [0.1, 0.15) is 0 Å². The highest BCUT2D eigenvalue weighted by Gasteiger charge is 2.18. The molecule has 0 aliphatic rings. The van der Waals surface area contributed by atoms with E-state index in [2.05, 4.69) is 4.98 Å². The van der Waals surface area contributed by atoms with Gasteiger partial charge >= 0.3 is 0 Å². The summed E-state index contributed by atoms with van der Waals surface area (Å²) in [5.41, 5.74) is 1.60. The number of rotatable bonds is 7. The summed E-state index contributed by atoms with van der Waals surface area (Å²) in [6.07, 6.45) is 3.42. The number of aromatic nitrogens is 1. The molecule has 1 amide bonds. The zero-order valence-electron chi connectivity index (χ0n) is 14.8. The number of carbonyl (C=O) groups excluding carboxylic acids is 1. The van der Waals surface area contributed by atoms with Crippen LogP contribution < -0.4 is 14.4 Å². The molecule has 0 spiro atoms. The lowest BCUT2D eigenvalue weighted by atomic mass is 10.2. The summed E-state index contributed by atoms with van der Waals surface area (Å²) >= 11 is 6.11. The van der Waals surface area contributed by atoms with Crippen LogP contribution in [0, 0.1) is 0 Å². The molecule has 3 rings (SSSR count). The molecule has 0 N–H and O–H groups in total. The summed E-state index contributed by atoms with van der Waals surface area (Å²) in [5.74, 6) is 0.889. The molecule has 0 saturated carbocycles. The Bertz CT molecular complexity index is 903. The summed E-state index contributed by atoms with van der Waals surface area (Å²) in [4.78, 5) is 18.7. The van der Waals surface area contributed by atoms with Crippen LogP contribution in [0.1, 0.15) is 5.56 Å². The number of halogens is 1. The number of hydrogen-bond acceptors (Lipinski definition) is 4. The first kappa shape index (κ1) is 18.7. The van der Waals surface area contributed by atoms with Gasteiger partial charge in [-0.1, -0.05) is 35.9 Å². The first-order chi connectivity index (χ1) is 13.2. The number of hydrogen-bond donors (Lipinski definition) is 0. The van der Waals surface area contributed by atoms with Gasteiger partial charge in [-0.3, -0.25) is 9.78 Å². The molecule has 0 atom stereocenters. The van der Waals surface area contributed by atoms with Crippen molar-refractivity contribution in [3.63, 3.8) is 0 Å². The van der Waals surface area contributed by atoms with Crippen LogP contribution in [0.15, 0.2) is 73.1 Å². The molecular weight excluding hydrogens is 364 g/mol. The van der Waals surface area contributed by atoms with Crippen LogP contribution in [0.4, 0.5) is 5.69 Å². The number of pyridine rings is 1. The smallest absolute Gasteiger partial charge is 0.265 e. The second kappa shape index (κ2) is 9.05. The van der Waals surface area contributed by atoms with E-state index in [1.165, 1.54) is 0 Å². The fourth-order valence-electron chi connectivity index (χ4n) is 2.60. The van der Waals surface area contributed by atoms with E-state index in [1.54, 1.807) is 48.7 Å². The molecule has 0 saturated heterocycles. The lowest BCUT2D eigenvalue weighted by Crippen LogP contribution is -2.34. The van der Waals surface area contributed by atoms with Gasteiger partial charge in [0.2, 0.25) is 0 Å². The van der Waals surface area contributed by atoms with Crippen molar-refractivity contribution in [2.24, 2.45) is 0 Å². The molecule has 0 bridgehead atoms. The van der Waals surface area contributed by atoms with Crippen LogP contribution in [-0.4, -0.2) is 24.6 Å². The average molecular weight is 383 g/mol. The first-order valence-electron chi connectivity index (χ1n) is 8.38. The van der Waals surface area contributed by atoms with Crippen molar-refractivity contribution >= 4 is 23.2 Å². The van der Waals surface area contributed by atoms with E-state index in [-0.39, 0.29) is 12.5 Å². The maximum absolute atomic E-state index is 12.9. The number of amides is 1. The molecule has 1 heterocycles. The fourth-order valence-corrected chi connectivity index (χ4v) is 2.78. The maximum Gasteiger partial charge on any atom is 0.265 e. The van der Waals surface area contributed by atoms with Crippen molar-refractivity contribution in [2.45, 2.75) is 6.54 Å². The average Bonchev–Trinajstić information content (AvgIpc) is 2.71. The Morgan fingerprint density at radius 1 is 1.07 bits per heavy atom. The topological polar surface area (TPSA) is 51.7 Å². The predicted octanol–water partition coefficient (Wildman–Crippen LogP) is 4.36. The highest BCUT2D eigenvalue weighted by atomic mass is 35.5.